The highest BCUT2D eigenvalue weighted by atomic mass is 19.1. The van der Waals surface area contributed by atoms with E-state index in [-0.39, 0.29) is 17.7 Å². The second-order valence-corrected chi connectivity index (χ2v) is 3.02. The molecule has 0 spiro atoms. The molecule has 3 N–H and O–H groups in total. The molecule has 82 valence electrons. The van der Waals surface area contributed by atoms with Crippen molar-refractivity contribution in [3.8, 4) is 0 Å². The molecule has 0 amide bonds. The molecule has 5 heteroatoms. The number of carbonyl (C=O) groups excluding carboxylic acids is 1. The van der Waals surface area contributed by atoms with Gasteiger partial charge in [-0.25, -0.2) is 9.18 Å². The van der Waals surface area contributed by atoms with E-state index in [4.69, 9.17) is 10.8 Å². The lowest BCUT2D eigenvalue weighted by Crippen LogP contribution is -2.16. The number of aliphatic hydroxyl groups excluding tert-OH is 1. The van der Waals surface area contributed by atoms with E-state index in [1.54, 1.807) is 0 Å². The predicted octanol–water partition coefficient (Wildman–Crippen LogP) is 0.604. The molecule has 15 heavy (non-hydrogen) atoms. The van der Waals surface area contributed by atoms with Gasteiger partial charge in [0.2, 0.25) is 0 Å². The lowest BCUT2D eigenvalue weighted by atomic mass is 10.1. The molecule has 0 aliphatic heterocycles. The van der Waals surface area contributed by atoms with Crippen LogP contribution in [0.2, 0.25) is 0 Å². The Morgan fingerprint density at radius 3 is 2.80 bits per heavy atom. The second-order valence-electron chi connectivity index (χ2n) is 3.02. The number of nitrogens with two attached hydrogens (primary N) is 1. The van der Waals surface area contributed by atoms with Crippen LogP contribution < -0.4 is 5.73 Å². The maximum absolute atomic E-state index is 13.4. The first-order valence-electron chi connectivity index (χ1n) is 4.34. The fourth-order valence-corrected chi connectivity index (χ4v) is 1.17. The number of carbonyl (C=O) groups is 1. The highest BCUT2D eigenvalue weighted by molar-refractivity contribution is 5.89. The van der Waals surface area contributed by atoms with Crippen LogP contribution in [0, 0.1) is 5.82 Å². The van der Waals surface area contributed by atoms with Gasteiger partial charge in [0.25, 0.3) is 0 Å². The summed E-state index contributed by atoms with van der Waals surface area (Å²) in [4.78, 5) is 11.0. The van der Waals surface area contributed by atoms with E-state index >= 15 is 0 Å². The zero-order valence-electron chi connectivity index (χ0n) is 8.24. The van der Waals surface area contributed by atoms with E-state index in [0.717, 1.165) is 6.07 Å². The van der Waals surface area contributed by atoms with Gasteiger partial charge in [0.15, 0.2) is 0 Å². The smallest absolute Gasteiger partial charge is 0.337 e. The van der Waals surface area contributed by atoms with Gasteiger partial charge < -0.3 is 15.6 Å². The summed E-state index contributed by atoms with van der Waals surface area (Å²) in [6.45, 7) is -0.353. The number of esters is 1. The summed E-state index contributed by atoms with van der Waals surface area (Å²) in [7, 11) is 1.22. The first kappa shape index (κ1) is 11.6. The normalized spacial score (nSPS) is 12.3. The van der Waals surface area contributed by atoms with Gasteiger partial charge in [-0.3, -0.25) is 0 Å². The van der Waals surface area contributed by atoms with Crippen molar-refractivity contribution < 1.29 is 19.0 Å². The zero-order valence-corrected chi connectivity index (χ0v) is 8.24. The Morgan fingerprint density at radius 2 is 2.33 bits per heavy atom. The van der Waals surface area contributed by atoms with Crippen LogP contribution in [0.4, 0.5) is 4.39 Å². The molecule has 0 aliphatic rings. The summed E-state index contributed by atoms with van der Waals surface area (Å²) in [5.74, 6) is -1.24. The number of rotatable bonds is 3. The van der Waals surface area contributed by atoms with Crippen LogP contribution in [0.5, 0.6) is 0 Å². The molecule has 0 saturated carbocycles. The van der Waals surface area contributed by atoms with Crippen molar-refractivity contribution in [2.24, 2.45) is 5.73 Å². The highest BCUT2D eigenvalue weighted by Crippen LogP contribution is 2.16. The van der Waals surface area contributed by atoms with Crippen molar-refractivity contribution in [1.82, 2.24) is 0 Å². The van der Waals surface area contributed by atoms with Crippen molar-refractivity contribution in [1.29, 1.82) is 0 Å². The van der Waals surface area contributed by atoms with E-state index in [9.17, 15) is 9.18 Å². The number of halogens is 1. The molecule has 0 fully saturated rings. The minimum Gasteiger partial charge on any atom is -0.465 e. The van der Waals surface area contributed by atoms with Crippen molar-refractivity contribution in [3.63, 3.8) is 0 Å². The Balaban J connectivity index is 3.03. The number of methoxy groups -OCH3 is 1. The average molecular weight is 213 g/mol. The quantitative estimate of drug-likeness (QED) is 0.721. The molecular formula is C10H12FNO3. The molecule has 0 unspecified atom stereocenters. The van der Waals surface area contributed by atoms with Crippen LogP contribution in [0.15, 0.2) is 18.2 Å². The highest BCUT2D eigenvalue weighted by Gasteiger charge is 2.13. The molecule has 0 bridgehead atoms. The molecule has 0 aromatic heterocycles. The summed E-state index contributed by atoms with van der Waals surface area (Å²) >= 11 is 0. The summed E-state index contributed by atoms with van der Waals surface area (Å²) in [6, 6.07) is 3.02. The number of hydrogen-bond acceptors (Lipinski definition) is 4. The topological polar surface area (TPSA) is 72.5 Å². The van der Waals surface area contributed by atoms with Gasteiger partial charge in [-0.05, 0) is 12.1 Å². The third-order valence-electron chi connectivity index (χ3n) is 2.02. The molecule has 0 radical (unpaired) electrons. The first-order valence-corrected chi connectivity index (χ1v) is 4.34. The molecule has 1 aromatic carbocycles. The molecule has 1 rings (SSSR count). The van der Waals surface area contributed by atoms with E-state index < -0.39 is 17.8 Å². The average Bonchev–Trinajstić information content (AvgIpc) is 2.26. The van der Waals surface area contributed by atoms with Crippen LogP contribution in [0.25, 0.3) is 0 Å². The fourth-order valence-electron chi connectivity index (χ4n) is 1.17. The Kier molecular flexibility index (Phi) is 3.76. The number of benzene rings is 1. The largest absolute Gasteiger partial charge is 0.465 e. The number of hydrogen-bond donors (Lipinski definition) is 2. The SMILES string of the molecule is COC(=O)c1ccc([C@H](N)CO)c(F)c1. The van der Waals surface area contributed by atoms with Gasteiger partial charge in [-0.2, -0.15) is 0 Å². The summed E-state index contributed by atoms with van der Waals surface area (Å²) < 4.78 is 17.8. The van der Waals surface area contributed by atoms with Crippen LogP contribution in [-0.2, 0) is 4.74 Å². The molecule has 1 atom stereocenters. The third kappa shape index (κ3) is 2.51. The van der Waals surface area contributed by atoms with Gasteiger partial charge in [-0.1, -0.05) is 6.07 Å². The fraction of sp³-hybridized carbons (Fsp3) is 0.300. The molecule has 0 saturated heterocycles. The standard InChI is InChI=1S/C10H12FNO3/c1-15-10(14)6-2-3-7(8(11)4-6)9(12)5-13/h2-4,9,13H,5,12H2,1H3/t9-/m1/s1. The minimum absolute atomic E-state index is 0.115. The van der Waals surface area contributed by atoms with Crippen LogP contribution in [0.3, 0.4) is 0 Å². The van der Waals surface area contributed by atoms with E-state index in [1.165, 1.54) is 19.2 Å². The Morgan fingerprint density at radius 1 is 1.67 bits per heavy atom. The lowest BCUT2D eigenvalue weighted by Gasteiger charge is -2.10. The van der Waals surface area contributed by atoms with Crippen LogP contribution in [0.1, 0.15) is 22.0 Å². The van der Waals surface area contributed by atoms with Gasteiger partial charge in [0.05, 0.1) is 25.3 Å². The van der Waals surface area contributed by atoms with E-state index in [2.05, 4.69) is 4.74 Å². The molecule has 0 heterocycles. The van der Waals surface area contributed by atoms with Crippen molar-refractivity contribution in [3.05, 3.63) is 35.1 Å². The minimum atomic E-state index is -0.781. The van der Waals surface area contributed by atoms with Crippen molar-refractivity contribution >= 4 is 5.97 Å². The number of aliphatic hydroxyl groups is 1. The van der Waals surface area contributed by atoms with Crippen LogP contribution >= 0.6 is 0 Å². The Labute approximate surface area is 86.5 Å². The second kappa shape index (κ2) is 4.86. The Bertz CT molecular complexity index is 368. The van der Waals surface area contributed by atoms with E-state index in [0.29, 0.717) is 0 Å². The van der Waals surface area contributed by atoms with E-state index in [1.807, 2.05) is 0 Å². The summed E-state index contributed by atoms with van der Waals surface area (Å²) in [6.07, 6.45) is 0. The van der Waals surface area contributed by atoms with Gasteiger partial charge >= 0.3 is 5.97 Å². The van der Waals surface area contributed by atoms with Crippen molar-refractivity contribution in [2.75, 3.05) is 13.7 Å². The van der Waals surface area contributed by atoms with Gasteiger partial charge in [0.1, 0.15) is 5.82 Å². The van der Waals surface area contributed by atoms with Gasteiger partial charge in [0, 0.05) is 5.56 Å². The lowest BCUT2D eigenvalue weighted by molar-refractivity contribution is 0.0600. The molecule has 4 nitrogen and oxygen atoms in total. The molecule has 0 aliphatic carbocycles. The predicted molar refractivity (Wildman–Crippen MR) is 51.8 cm³/mol. The third-order valence-corrected chi connectivity index (χ3v) is 2.02. The number of ether oxygens (including phenoxy) is 1. The Hall–Kier alpha value is -1.46. The molecule has 1 aromatic rings. The van der Waals surface area contributed by atoms with Gasteiger partial charge in [-0.15, -0.1) is 0 Å². The first-order chi connectivity index (χ1) is 7.10. The van der Waals surface area contributed by atoms with Crippen molar-refractivity contribution in [2.45, 2.75) is 6.04 Å². The maximum atomic E-state index is 13.4. The molecular weight excluding hydrogens is 201 g/mol. The zero-order chi connectivity index (χ0) is 11.4. The van der Waals surface area contributed by atoms with Crippen LogP contribution in [-0.4, -0.2) is 24.8 Å². The maximum Gasteiger partial charge on any atom is 0.337 e. The monoisotopic (exact) mass is 213 g/mol. The summed E-state index contributed by atoms with van der Waals surface area (Å²) in [5, 5.41) is 8.75. The summed E-state index contributed by atoms with van der Waals surface area (Å²) in [5.41, 5.74) is 5.73.